The molecular formula is C12H16ClNO2S. The molecule has 1 saturated heterocycles. The van der Waals surface area contributed by atoms with Crippen molar-refractivity contribution in [2.75, 3.05) is 6.61 Å². The zero-order valence-electron chi connectivity index (χ0n) is 9.58. The van der Waals surface area contributed by atoms with Gasteiger partial charge in [-0.05, 0) is 31.4 Å². The molecule has 1 aromatic rings. The maximum absolute atomic E-state index is 11.6. The predicted octanol–water partition coefficient (Wildman–Crippen LogP) is 2.98. The van der Waals surface area contributed by atoms with Gasteiger partial charge in [0.05, 0.1) is 17.0 Å². The van der Waals surface area contributed by atoms with Gasteiger partial charge in [0.25, 0.3) is 0 Å². The van der Waals surface area contributed by atoms with Crippen LogP contribution in [-0.4, -0.2) is 18.6 Å². The quantitative estimate of drug-likeness (QED) is 0.896. The highest BCUT2D eigenvalue weighted by atomic mass is 35.5. The first-order chi connectivity index (χ1) is 8.24. The largest absolute Gasteiger partial charge is 0.378 e. The summed E-state index contributed by atoms with van der Waals surface area (Å²) in [6.45, 7) is 1.42. The lowest BCUT2D eigenvalue weighted by atomic mass is 10.1. The standard InChI is InChI=1S/C12H16ClNO2S/c13-11-5-4-10(17-11)8-14-12(15)6-3-9-2-1-7-16-9/h4-5,9H,1-3,6-8H2,(H,14,15). The van der Waals surface area contributed by atoms with Crippen LogP contribution in [0.25, 0.3) is 0 Å². The first kappa shape index (κ1) is 12.9. The zero-order valence-corrected chi connectivity index (χ0v) is 11.1. The lowest BCUT2D eigenvalue weighted by Crippen LogP contribution is -2.23. The van der Waals surface area contributed by atoms with Gasteiger partial charge in [0.2, 0.25) is 5.91 Å². The summed E-state index contributed by atoms with van der Waals surface area (Å²) in [6, 6.07) is 3.79. The van der Waals surface area contributed by atoms with Crippen molar-refractivity contribution in [1.29, 1.82) is 0 Å². The first-order valence-electron chi connectivity index (χ1n) is 5.86. The van der Waals surface area contributed by atoms with Gasteiger partial charge in [0.15, 0.2) is 0 Å². The van der Waals surface area contributed by atoms with Crippen LogP contribution >= 0.6 is 22.9 Å². The summed E-state index contributed by atoms with van der Waals surface area (Å²) in [4.78, 5) is 12.7. The Balaban J connectivity index is 1.63. The molecule has 5 heteroatoms. The molecule has 1 aromatic heterocycles. The van der Waals surface area contributed by atoms with Crippen molar-refractivity contribution in [3.63, 3.8) is 0 Å². The smallest absolute Gasteiger partial charge is 0.220 e. The Morgan fingerprint density at radius 1 is 1.59 bits per heavy atom. The number of hydrogen-bond donors (Lipinski definition) is 1. The van der Waals surface area contributed by atoms with Gasteiger partial charge in [-0.25, -0.2) is 0 Å². The summed E-state index contributed by atoms with van der Waals surface area (Å²) in [5, 5.41) is 2.89. The normalized spacial score (nSPS) is 19.5. The second-order valence-corrected chi connectivity index (χ2v) is 5.96. The van der Waals surface area contributed by atoms with Gasteiger partial charge in [0, 0.05) is 17.9 Å². The van der Waals surface area contributed by atoms with Crippen LogP contribution in [0, 0.1) is 0 Å². The lowest BCUT2D eigenvalue weighted by Gasteiger charge is -2.08. The number of nitrogens with one attached hydrogen (secondary N) is 1. The first-order valence-corrected chi connectivity index (χ1v) is 7.06. The summed E-state index contributed by atoms with van der Waals surface area (Å²) >= 11 is 7.31. The van der Waals surface area contributed by atoms with Gasteiger partial charge < -0.3 is 10.1 Å². The molecule has 0 aliphatic carbocycles. The Labute approximate surface area is 110 Å². The highest BCUT2D eigenvalue weighted by molar-refractivity contribution is 7.16. The van der Waals surface area contributed by atoms with Gasteiger partial charge in [-0.1, -0.05) is 11.6 Å². The fourth-order valence-electron chi connectivity index (χ4n) is 1.88. The number of rotatable bonds is 5. The third-order valence-electron chi connectivity index (χ3n) is 2.81. The van der Waals surface area contributed by atoms with Gasteiger partial charge in [-0.15, -0.1) is 11.3 Å². The zero-order chi connectivity index (χ0) is 12.1. The van der Waals surface area contributed by atoms with Crippen LogP contribution in [0.5, 0.6) is 0 Å². The Kier molecular flexibility index (Phi) is 4.83. The maximum Gasteiger partial charge on any atom is 0.220 e. The SMILES string of the molecule is O=C(CCC1CCCO1)NCc1ccc(Cl)s1. The average Bonchev–Trinajstić information content (AvgIpc) is 2.95. The molecule has 1 N–H and O–H groups in total. The number of carbonyl (C=O) groups excluding carboxylic acids is 1. The van der Waals surface area contributed by atoms with E-state index in [2.05, 4.69) is 5.32 Å². The predicted molar refractivity (Wildman–Crippen MR) is 69.4 cm³/mol. The van der Waals surface area contributed by atoms with Gasteiger partial charge >= 0.3 is 0 Å². The average molecular weight is 274 g/mol. The monoisotopic (exact) mass is 273 g/mol. The molecule has 0 aromatic carbocycles. The van der Waals surface area contributed by atoms with Gasteiger partial charge in [-0.3, -0.25) is 4.79 Å². The molecule has 2 rings (SSSR count). The van der Waals surface area contributed by atoms with E-state index in [4.69, 9.17) is 16.3 Å². The van der Waals surface area contributed by atoms with Crippen molar-refractivity contribution in [3.05, 3.63) is 21.3 Å². The Morgan fingerprint density at radius 3 is 3.12 bits per heavy atom. The molecule has 0 saturated carbocycles. The molecular weight excluding hydrogens is 258 g/mol. The van der Waals surface area contributed by atoms with Crippen LogP contribution in [0.1, 0.15) is 30.6 Å². The molecule has 0 bridgehead atoms. The molecule has 1 fully saturated rings. The Morgan fingerprint density at radius 2 is 2.47 bits per heavy atom. The van der Waals surface area contributed by atoms with Crippen LogP contribution in [0.4, 0.5) is 0 Å². The van der Waals surface area contributed by atoms with Crippen LogP contribution < -0.4 is 5.32 Å². The minimum atomic E-state index is 0.0880. The van der Waals surface area contributed by atoms with Crippen molar-refractivity contribution in [3.8, 4) is 0 Å². The van der Waals surface area contributed by atoms with Crippen molar-refractivity contribution < 1.29 is 9.53 Å². The fourth-order valence-corrected chi connectivity index (χ4v) is 2.91. The van der Waals surface area contributed by atoms with Crippen molar-refractivity contribution in [2.45, 2.75) is 38.3 Å². The Bertz CT molecular complexity index is 374. The lowest BCUT2D eigenvalue weighted by molar-refractivity contribution is -0.121. The van der Waals surface area contributed by atoms with E-state index in [0.29, 0.717) is 13.0 Å². The second kappa shape index (κ2) is 6.38. The number of thiophene rings is 1. The third kappa shape index (κ3) is 4.30. The molecule has 1 atom stereocenters. The highest BCUT2D eigenvalue weighted by Gasteiger charge is 2.16. The molecule has 1 aliphatic heterocycles. The second-order valence-electron chi connectivity index (χ2n) is 4.16. The van der Waals surface area contributed by atoms with E-state index in [0.717, 1.165) is 35.1 Å². The summed E-state index contributed by atoms with van der Waals surface area (Å²) < 4.78 is 6.23. The number of carbonyl (C=O) groups is 1. The van der Waals surface area contributed by atoms with Gasteiger partial charge in [0.1, 0.15) is 0 Å². The van der Waals surface area contributed by atoms with Crippen molar-refractivity contribution >= 4 is 28.8 Å². The molecule has 0 radical (unpaired) electrons. The third-order valence-corrected chi connectivity index (χ3v) is 4.04. The van der Waals surface area contributed by atoms with Gasteiger partial charge in [-0.2, -0.15) is 0 Å². The van der Waals surface area contributed by atoms with E-state index in [9.17, 15) is 4.79 Å². The summed E-state index contributed by atoms with van der Waals surface area (Å²) in [6.07, 6.45) is 3.88. The highest BCUT2D eigenvalue weighted by Crippen LogP contribution is 2.21. The molecule has 1 amide bonds. The van der Waals surface area contributed by atoms with E-state index >= 15 is 0 Å². The fraction of sp³-hybridized carbons (Fsp3) is 0.583. The van der Waals surface area contributed by atoms with Crippen LogP contribution in [-0.2, 0) is 16.1 Å². The number of ether oxygens (including phenoxy) is 1. The maximum atomic E-state index is 11.6. The molecule has 1 aliphatic rings. The summed E-state index contributed by atoms with van der Waals surface area (Å²) in [7, 11) is 0. The summed E-state index contributed by atoms with van der Waals surface area (Å²) in [5.74, 6) is 0.0880. The molecule has 1 unspecified atom stereocenters. The topological polar surface area (TPSA) is 38.3 Å². The van der Waals surface area contributed by atoms with E-state index in [1.807, 2.05) is 12.1 Å². The summed E-state index contributed by atoms with van der Waals surface area (Å²) in [5.41, 5.74) is 0. The molecule has 17 heavy (non-hydrogen) atoms. The van der Waals surface area contributed by atoms with E-state index in [-0.39, 0.29) is 12.0 Å². The van der Waals surface area contributed by atoms with Crippen LogP contribution in [0.2, 0.25) is 4.34 Å². The molecule has 94 valence electrons. The van der Waals surface area contributed by atoms with E-state index < -0.39 is 0 Å². The van der Waals surface area contributed by atoms with Crippen LogP contribution in [0.3, 0.4) is 0 Å². The molecule has 2 heterocycles. The van der Waals surface area contributed by atoms with Crippen LogP contribution in [0.15, 0.2) is 12.1 Å². The molecule has 0 spiro atoms. The van der Waals surface area contributed by atoms with Crippen molar-refractivity contribution in [2.24, 2.45) is 0 Å². The molecule has 3 nitrogen and oxygen atoms in total. The van der Waals surface area contributed by atoms with E-state index in [1.165, 1.54) is 11.3 Å². The van der Waals surface area contributed by atoms with Crippen molar-refractivity contribution in [1.82, 2.24) is 5.32 Å². The Hall–Kier alpha value is -0.580. The minimum Gasteiger partial charge on any atom is -0.378 e. The minimum absolute atomic E-state index is 0.0880. The number of hydrogen-bond acceptors (Lipinski definition) is 3. The number of amides is 1. The van der Waals surface area contributed by atoms with E-state index in [1.54, 1.807) is 0 Å². The number of halogens is 1.